The van der Waals surface area contributed by atoms with Gasteiger partial charge in [0, 0.05) is 12.5 Å². The number of aliphatic carboxylic acids is 1. The molecule has 0 unspecified atom stereocenters. The standard InChI is InChI=1S/C17H19Cl2FN2O5/c18-9-2-1-8(5-10(9)19)7-27-11-6-12-16(20,15(25)26-4-3-21)17(12,22)13(11)14(23)24/h1-2,5,11-13H,3-4,6-7,21-22H2,(H,23,24)/t11-,12+,13-,16+,17+/m1/s1. The number of carboxylic acids is 1. The predicted molar refractivity (Wildman–Crippen MR) is 95.0 cm³/mol. The molecular weight excluding hydrogens is 402 g/mol. The van der Waals surface area contributed by atoms with E-state index < -0.39 is 41.1 Å². The SMILES string of the molecule is NCCOC(=O)[C@@]1(F)[C@@H]2C[C@@H](OCc3ccc(Cl)c(Cl)c3)[C@H](C(=O)O)[C@@]21N. The Labute approximate surface area is 164 Å². The van der Waals surface area contributed by atoms with Gasteiger partial charge in [0.2, 0.25) is 5.67 Å². The molecule has 2 aliphatic carbocycles. The van der Waals surface area contributed by atoms with Gasteiger partial charge >= 0.3 is 11.9 Å². The second kappa shape index (κ2) is 7.18. The van der Waals surface area contributed by atoms with E-state index in [2.05, 4.69) is 0 Å². The molecule has 27 heavy (non-hydrogen) atoms. The van der Waals surface area contributed by atoms with Crippen LogP contribution in [0.1, 0.15) is 12.0 Å². The van der Waals surface area contributed by atoms with E-state index in [1.807, 2.05) is 0 Å². The summed E-state index contributed by atoms with van der Waals surface area (Å²) in [6.07, 6.45) is -0.860. The Kier molecular flexibility index (Phi) is 5.39. The molecule has 0 heterocycles. The van der Waals surface area contributed by atoms with Crippen molar-refractivity contribution in [1.29, 1.82) is 0 Å². The average Bonchev–Trinajstić information content (AvgIpc) is 2.93. The van der Waals surface area contributed by atoms with Crippen LogP contribution in [0.4, 0.5) is 4.39 Å². The number of esters is 1. The monoisotopic (exact) mass is 420 g/mol. The number of carbonyl (C=O) groups excluding carboxylic acids is 1. The molecule has 1 aromatic rings. The molecule has 2 fully saturated rings. The quantitative estimate of drug-likeness (QED) is 0.570. The maximum absolute atomic E-state index is 15.2. The summed E-state index contributed by atoms with van der Waals surface area (Å²) < 4.78 is 25.6. The van der Waals surface area contributed by atoms with Gasteiger partial charge in [-0.3, -0.25) is 4.79 Å². The Morgan fingerprint density at radius 1 is 1.33 bits per heavy atom. The molecule has 7 nitrogen and oxygen atoms in total. The van der Waals surface area contributed by atoms with Crippen molar-refractivity contribution in [3.63, 3.8) is 0 Å². The number of ether oxygens (including phenoxy) is 2. The van der Waals surface area contributed by atoms with Crippen molar-refractivity contribution in [1.82, 2.24) is 0 Å². The van der Waals surface area contributed by atoms with Crippen LogP contribution in [0.25, 0.3) is 0 Å². The van der Waals surface area contributed by atoms with Crippen molar-refractivity contribution in [3.05, 3.63) is 33.8 Å². The third-order valence-electron chi connectivity index (χ3n) is 5.32. The molecule has 148 valence electrons. The molecule has 0 aliphatic heterocycles. The van der Waals surface area contributed by atoms with Crippen molar-refractivity contribution in [2.75, 3.05) is 13.2 Å². The molecule has 0 amide bonds. The fourth-order valence-corrected chi connectivity index (χ4v) is 4.29. The molecule has 5 N–H and O–H groups in total. The van der Waals surface area contributed by atoms with Crippen LogP contribution in [0, 0.1) is 11.8 Å². The number of benzene rings is 1. The van der Waals surface area contributed by atoms with E-state index in [0.29, 0.717) is 15.6 Å². The van der Waals surface area contributed by atoms with Crippen molar-refractivity contribution >= 4 is 35.1 Å². The first kappa shape index (κ1) is 20.3. The van der Waals surface area contributed by atoms with Crippen molar-refractivity contribution in [2.45, 2.75) is 30.3 Å². The number of hydrogen-bond donors (Lipinski definition) is 3. The smallest absolute Gasteiger partial charge is 0.346 e. The van der Waals surface area contributed by atoms with Gasteiger partial charge in [0.25, 0.3) is 0 Å². The zero-order valence-corrected chi connectivity index (χ0v) is 15.7. The van der Waals surface area contributed by atoms with E-state index in [1.165, 1.54) is 0 Å². The van der Waals surface area contributed by atoms with Crippen molar-refractivity contribution < 1.29 is 28.6 Å². The number of carbonyl (C=O) groups is 2. The predicted octanol–water partition coefficient (Wildman–Crippen LogP) is 1.52. The van der Waals surface area contributed by atoms with E-state index >= 15 is 4.39 Å². The topological polar surface area (TPSA) is 125 Å². The molecule has 5 atom stereocenters. The summed E-state index contributed by atoms with van der Waals surface area (Å²) in [6.45, 7) is -0.0882. The molecule has 2 saturated carbocycles. The van der Waals surface area contributed by atoms with Crippen LogP contribution in [-0.4, -0.2) is 47.5 Å². The minimum Gasteiger partial charge on any atom is -0.481 e. The summed E-state index contributed by atoms with van der Waals surface area (Å²) >= 11 is 11.8. The fraction of sp³-hybridized carbons (Fsp3) is 0.529. The zero-order valence-electron chi connectivity index (χ0n) is 14.2. The van der Waals surface area contributed by atoms with Crippen LogP contribution in [0.5, 0.6) is 0 Å². The Bertz CT molecular complexity index is 782. The van der Waals surface area contributed by atoms with Gasteiger partial charge in [-0.1, -0.05) is 29.3 Å². The summed E-state index contributed by atoms with van der Waals surface area (Å²) in [5.41, 5.74) is 7.54. The largest absolute Gasteiger partial charge is 0.481 e. The van der Waals surface area contributed by atoms with Crippen LogP contribution in [-0.2, 0) is 25.7 Å². The van der Waals surface area contributed by atoms with Crippen molar-refractivity contribution in [3.8, 4) is 0 Å². The Balaban J connectivity index is 1.72. The van der Waals surface area contributed by atoms with E-state index in [0.717, 1.165) is 0 Å². The van der Waals surface area contributed by atoms with E-state index in [-0.39, 0.29) is 26.2 Å². The summed E-state index contributed by atoms with van der Waals surface area (Å²) in [7, 11) is 0. The van der Waals surface area contributed by atoms with Gasteiger partial charge in [-0.15, -0.1) is 0 Å². The summed E-state index contributed by atoms with van der Waals surface area (Å²) in [6, 6.07) is 4.87. The lowest BCUT2D eigenvalue weighted by molar-refractivity contribution is -0.158. The minimum absolute atomic E-state index is 0.0109. The molecule has 10 heteroatoms. The third-order valence-corrected chi connectivity index (χ3v) is 6.06. The van der Waals surface area contributed by atoms with E-state index in [1.54, 1.807) is 18.2 Å². The molecule has 0 aromatic heterocycles. The number of halogens is 3. The first-order valence-electron chi connectivity index (χ1n) is 8.31. The molecule has 0 bridgehead atoms. The van der Waals surface area contributed by atoms with Crippen LogP contribution in [0.15, 0.2) is 18.2 Å². The van der Waals surface area contributed by atoms with Gasteiger partial charge in [0.15, 0.2) is 0 Å². The summed E-state index contributed by atoms with van der Waals surface area (Å²) in [4.78, 5) is 23.8. The number of rotatable bonds is 7. The summed E-state index contributed by atoms with van der Waals surface area (Å²) in [5.74, 6) is -4.88. The van der Waals surface area contributed by atoms with Gasteiger partial charge in [0.1, 0.15) is 12.5 Å². The summed E-state index contributed by atoms with van der Waals surface area (Å²) in [5, 5.41) is 10.3. The second-order valence-corrected chi connectivity index (χ2v) is 7.59. The second-order valence-electron chi connectivity index (χ2n) is 6.77. The van der Waals surface area contributed by atoms with Gasteiger partial charge in [0.05, 0.1) is 28.3 Å². The number of hydrogen-bond acceptors (Lipinski definition) is 6. The first-order chi connectivity index (χ1) is 12.7. The van der Waals surface area contributed by atoms with Crippen LogP contribution in [0.3, 0.4) is 0 Å². The molecular formula is C17H19Cl2FN2O5. The maximum Gasteiger partial charge on any atom is 0.346 e. The van der Waals surface area contributed by atoms with E-state index in [4.69, 9.17) is 44.1 Å². The van der Waals surface area contributed by atoms with Crippen LogP contribution in [0.2, 0.25) is 10.0 Å². The van der Waals surface area contributed by atoms with Gasteiger partial charge in [-0.2, -0.15) is 0 Å². The van der Waals surface area contributed by atoms with Gasteiger partial charge in [-0.05, 0) is 24.1 Å². The number of fused-ring (bicyclic) bond motifs is 1. The number of alkyl halides is 1. The third kappa shape index (κ3) is 3.09. The highest BCUT2D eigenvalue weighted by atomic mass is 35.5. The highest BCUT2D eigenvalue weighted by molar-refractivity contribution is 6.42. The van der Waals surface area contributed by atoms with Gasteiger partial charge < -0.3 is 26.0 Å². The normalized spacial score (nSPS) is 34.2. The molecule has 0 saturated heterocycles. The van der Waals surface area contributed by atoms with E-state index in [9.17, 15) is 14.7 Å². The van der Waals surface area contributed by atoms with Crippen LogP contribution >= 0.6 is 23.2 Å². The number of nitrogens with two attached hydrogens (primary N) is 2. The fourth-order valence-electron chi connectivity index (χ4n) is 3.97. The number of carboxylic acid groups (broad SMARTS) is 1. The molecule has 0 radical (unpaired) electrons. The lowest BCUT2D eigenvalue weighted by atomic mass is 9.91. The first-order valence-corrected chi connectivity index (χ1v) is 9.06. The highest BCUT2D eigenvalue weighted by Gasteiger charge is 2.89. The zero-order chi connectivity index (χ0) is 20.0. The highest BCUT2D eigenvalue weighted by Crippen LogP contribution is 2.68. The molecule has 0 spiro atoms. The lowest BCUT2D eigenvalue weighted by Crippen LogP contribution is -2.51. The Hall–Kier alpha value is -1.45. The average molecular weight is 421 g/mol. The van der Waals surface area contributed by atoms with Gasteiger partial charge in [-0.25, -0.2) is 9.18 Å². The maximum atomic E-state index is 15.2. The van der Waals surface area contributed by atoms with Crippen LogP contribution < -0.4 is 11.5 Å². The molecule has 2 aliphatic rings. The Morgan fingerprint density at radius 2 is 2.04 bits per heavy atom. The Morgan fingerprint density at radius 3 is 2.63 bits per heavy atom. The molecule has 3 rings (SSSR count). The van der Waals surface area contributed by atoms with Crippen molar-refractivity contribution in [2.24, 2.45) is 23.3 Å². The lowest BCUT2D eigenvalue weighted by Gasteiger charge is -2.27. The molecule has 1 aromatic carbocycles. The minimum atomic E-state index is -2.55.